The molecule has 1 aromatic rings. The van der Waals surface area contributed by atoms with Crippen LogP contribution >= 0.6 is 0 Å². The lowest BCUT2D eigenvalue weighted by Gasteiger charge is -2.30. The molecule has 1 fully saturated rings. The average Bonchev–Trinajstić information content (AvgIpc) is 2.82. The van der Waals surface area contributed by atoms with Gasteiger partial charge in [-0.05, 0) is 31.6 Å². The first-order valence-electron chi connectivity index (χ1n) is 6.51. The van der Waals surface area contributed by atoms with Crippen LogP contribution in [0.15, 0.2) is 10.8 Å². The van der Waals surface area contributed by atoms with Crippen molar-refractivity contribution >= 4 is 5.91 Å². The van der Waals surface area contributed by atoms with Gasteiger partial charge in [0.05, 0.1) is 5.69 Å². The molecule has 0 saturated heterocycles. The molecule has 2 N–H and O–H groups in total. The first-order valence-corrected chi connectivity index (χ1v) is 6.51. The lowest BCUT2D eigenvalue weighted by molar-refractivity contribution is 0.0882. The Labute approximate surface area is 107 Å². The number of nitrogens with zero attached hydrogens (tertiary/aromatic N) is 1. The van der Waals surface area contributed by atoms with E-state index in [-0.39, 0.29) is 18.3 Å². The second-order valence-electron chi connectivity index (χ2n) is 4.96. The summed E-state index contributed by atoms with van der Waals surface area (Å²) in [5.41, 5.74) is 0.606. The van der Waals surface area contributed by atoms with Crippen LogP contribution in [0.3, 0.4) is 0 Å². The van der Waals surface area contributed by atoms with Gasteiger partial charge in [-0.1, -0.05) is 12.8 Å². The lowest BCUT2D eigenvalue weighted by atomic mass is 9.79. The van der Waals surface area contributed by atoms with Gasteiger partial charge in [-0.2, -0.15) is 0 Å². The summed E-state index contributed by atoms with van der Waals surface area (Å²) in [4.78, 5) is 15.8. The van der Waals surface area contributed by atoms with Gasteiger partial charge in [0.15, 0.2) is 6.39 Å². The van der Waals surface area contributed by atoms with Gasteiger partial charge in [0.25, 0.3) is 5.91 Å². The zero-order valence-corrected chi connectivity index (χ0v) is 10.7. The molecular weight excluding hydrogens is 232 g/mol. The molecule has 2 atom stereocenters. The predicted octanol–water partition coefficient (Wildman–Crippen LogP) is 1.51. The minimum absolute atomic E-state index is 0.210. The van der Waals surface area contributed by atoms with Crippen LogP contribution in [-0.4, -0.2) is 29.1 Å². The van der Waals surface area contributed by atoms with Crippen LogP contribution < -0.4 is 5.32 Å². The minimum atomic E-state index is -0.215. The molecule has 2 unspecified atom stereocenters. The Morgan fingerprint density at radius 1 is 1.50 bits per heavy atom. The monoisotopic (exact) mass is 252 g/mol. The summed E-state index contributed by atoms with van der Waals surface area (Å²) in [7, 11) is 0. The second-order valence-corrected chi connectivity index (χ2v) is 4.96. The predicted molar refractivity (Wildman–Crippen MR) is 66.1 cm³/mol. The van der Waals surface area contributed by atoms with E-state index in [4.69, 9.17) is 4.42 Å². The summed E-state index contributed by atoms with van der Waals surface area (Å²) in [6.07, 6.45) is 5.76. The van der Waals surface area contributed by atoms with Gasteiger partial charge < -0.3 is 14.8 Å². The third kappa shape index (κ3) is 2.90. The molecule has 1 aliphatic carbocycles. The van der Waals surface area contributed by atoms with Crippen molar-refractivity contribution in [3.05, 3.63) is 17.8 Å². The number of aliphatic hydroxyl groups is 1. The van der Waals surface area contributed by atoms with Crippen molar-refractivity contribution in [1.29, 1.82) is 0 Å². The van der Waals surface area contributed by atoms with E-state index in [1.807, 2.05) is 0 Å². The van der Waals surface area contributed by atoms with E-state index in [0.717, 1.165) is 12.8 Å². The normalized spacial score (nSPS) is 23.9. The van der Waals surface area contributed by atoms with E-state index in [0.29, 0.717) is 24.1 Å². The van der Waals surface area contributed by atoms with Gasteiger partial charge in [0.2, 0.25) is 5.76 Å². The fourth-order valence-corrected chi connectivity index (χ4v) is 2.62. The van der Waals surface area contributed by atoms with E-state index in [2.05, 4.69) is 10.3 Å². The molecule has 1 aliphatic rings. The Hall–Kier alpha value is -1.36. The summed E-state index contributed by atoms with van der Waals surface area (Å²) in [6, 6.07) is 0. The number of nitrogens with one attached hydrogen (secondary N) is 1. The van der Waals surface area contributed by atoms with Crippen molar-refractivity contribution in [1.82, 2.24) is 10.3 Å². The van der Waals surface area contributed by atoms with E-state index < -0.39 is 0 Å². The van der Waals surface area contributed by atoms with Gasteiger partial charge in [0.1, 0.15) is 0 Å². The Morgan fingerprint density at radius 3 is 2.83 bits per heavy atom. The van der Waals surface area contributed by atoms with Crippen molar-refractivity contribution < 1.29 is 14.3 Å². The van der Waals surface area contributed by atoms with Crippen LogP contribution in [0.5, 0.6) is 0 Å². The maximum atomic E-state index is 11.9. The number of aryl methyl sites for hydroxylation is 1. The topological polar surface area (TPSA) is 75.4 Å². The molecule has 0 aliphatic heterocycles. The fraction of sp³-hybridized carbons (Fsp3) is 0.692. The molecule has 5 heteroatoms. The molecule has 0 aromatic carbocycles. The molecule has 1 aromatic heterocycles. The van der Waals surface area contributed by atoms with Crippen LogP contribution in [-0.2, 0) is 0 Å². The van der Waals surface area contributed by atoms with Crippen molar-refractivity contribution in [2.75, 3.05) is 13.2 Å². The largest absolute Gasteiger partial charge is 0.438 e. The van der Waals surface area contributed by atoms with Gasteiger partial charge in [-0.3, -0.25) is 4.79 Å². The Balaban J connectivity index is 1.87. The molecule has 0 radical (unpaired) electrons. The number of aromatic nitrogens is 1. The zero-order valence-electron chi connectivity index (χ0n) is 10.7. The van der Waals surface area contributed by atoms with Crippen molar-refractivity contribution in [3.63, 3.8) is 0 Å². The number of aliphatic hydroxyl groups excluding tert-OH is 1. The quantitative estimate of drug-likeness (QED) is 0.851. The summed E-state index contributed by atoms with van der Waals surface area (Å²) in [6.45, 7) is 2.56. The third-order valence-corrected chi connectivity index (χ3v) is 3.78. The van der Waals surface area contributed by atoms with E-state index >= 15 is 0 Å². The SMILES string of the molecule is Cc1ncoc1C(=O)NCC1CCCCC1CO. The first-order chi connectivity index (χ1) is 8.72. The summed E-state index contributed by atoms with van der Waals surface area (Å²) >= 11 is 0. The van der Waals surface area contributed by atoms with Gasteiger partial charge >= 0.3 is 0 Å². The standard InChI is InChI=1S/C13H20N2O3/c1-9-12(18-8-15-9)13(17)14-6-10-4-2-3-5-11(10)7-16/h8,10-11,16H,2-7H2,1H3,(H,14,17). The Kier molecular flexibility index (Phi) is 4.36. The molecule has 1 saturated carbocycles. The van der Waals surface area contributed by atoms with Crippen LogP contribution in [0.1, 0.15) is 41.9 Å². The van der Waals surface area contributed by atoms with Crippen LogP contribution in [0, 0.1) is 18.8 Å². The maximum Gasteiger partial charge on any atom is 0.289 e. The highest BCUT2D eigenvalue weighted by molar-refractivity contribution is 5.92. The second kappa shape index (κ2) is 6.00. The lowest BCUT2D eigenvalue weighted by Crippen LogP contribution is -2.35. The molecule has 1 heterocycles. The average molecular weight is 252 g/mol. The van der Waals surface area contributed by atoms with Crippen LogP contribution in [0.2, 0.25) is 0 Å². The van der Waals surface area contributed by atoms with Crippen LogP contribution in [0.25, 0.3) is 0 Å². The zero-order chi connectivity index (χ0) is 13.0. The van der Waals surface area contributed by atoms with Crippen molar-refractivity contribution in [2.45, 2.75) is 32.6 Å². The highest BCUT2D eigenvalue weighted by Crippen LogP contribution is 2.29. The number of amides is 1. The van der Waals surface area contributed by atoms with E-state index in [1.54, 1.807) is 6.92 Å². The summed E-state index contributed by atoms with van der Waals surface area (Å²) in [5, 5.41) is 12.2. The minimum Gasteiger partial charge on any atom is -0.438 e. The van der Waals surface area contributed by atoms with Crippen molar-refractivity contribution in [2.24, 2.45) is 11.8 Å². The third-order valence-electron chi connectivity index (χ3n) is 3.78. The highest BCUT2D eigenvalue weighted by Gasteiger charge is 2.25. The number of carbonyl (C=O) groups is 1. The van der Waals surface area contributed by atoms with Gasteiger partial charge in [-0.25, -0.2) is 4.98 Å². The number of carbonyl (C=O) groups excluding carboxylic acids is 1. The van der Waals surface area contributed by atoms with E-state index in [9.17, 15) is 9.90 Å². The number of hydrogen-bond donors (Lipinski definition) is 2. The molecule has 5 nitrogen and oxygen atoms in total. The molecule has 0 bridgehead atoms. The summed E-state index contributed by atoms with van der Waals surface area (Å²) in [5.74, 6) is 0.754. The smallest absolute Gasteiger partial charge is 0.289 e. The molecule has 18 heavy (non-hydrogen) atoms. The molecule has 0 spiro atoms. The maximum absolute atomic E-state index is 11.9. The first kappa shape index (κ1) is 13.1. The summed E-state index contributed by atoms with van der Waals surface area (Å²) < 4.78 is 5.05. The molecule has 100 valence electrons. The molecular formula is C13H20N2O3. The molecule has 2 rings (SSSR count). The fourth-order valence-electron chi connectivity index (χ4n) is 2.62. The van der Waals surface area contributed by atoms with Gasteiger partial charge in [0, 0.05) is 13.2 Å². The number of hydrogen-bond acceptors (Lipinski definition) is 4. The van der Waals surface area contributed by atoms with Crippen LogP contribution in [0.4, 0.5) is 0 Å². The highest BCUT2D eigenvalue weighted by atomic mass is 16.3. The Bertz CT molecular complexity index is 403. The van der Waals surface area contributed by atoms with E-state index in [1.165, 1.54) is 19.2 Å². The molecule has 1 amide bonds. The number of rotatable bonds is 4. The number of oxazole rings is 1. The van der Waals surface area contributed by atoms with Gasteiger partial charge in [-0.15, -0.1) is 0 Å². The Morgan fingerprint density at radius 2 is 2.22 bits per heavy atom. The van der Waals surface area contributed by atoms with Crippen molar-refractivity contribution in [3.8, 4) is 0 Å².